The minimum absolute atomic E-state index is 0.0774. The zero-order valence-corrected chi connectivity index (χ0v) is 16.7. The molecule has 0 spiro atoms. The van der Waals surface area contributed by atoms with Gasteiger partial charge in [0.15, 0.2) is 0 Å². The number of H-pyrrole nitrogens is 1. The normalized spacial score (nSPS) is 14.5. The highest BCUT2D eigenvalue weighted by Gasteiger charge is 2.33. The maximum atomic E-state index is 12.8. The summed E-state index contributed by atoms with van der Waals surface area (Å²) in [5, 5.41) is 3.77. The lowest BCUT2D eigenvalue weighted by Crippen LogP contribution is -2.61. The average molecular weight is 392 g/mol. The number of rotatable bonds is 3. The number of hydrogen-bond donors (Lipinski definition) is 2. The number of aromatic amines is 1. The van der Waals surface area contributed by atoms with Gasteiger partial charge in [-0.15, -0.1) is 0 Å². The molecule has 0 bridgehead atoms. The molecule has 2 N–H and O–H groups in total. The highest BCUT2D eigenvalue weighted by Crippen LogP contribution is 2.25. The van der Waals surface area contributed by atoms with Crippen LogP contribution in [0.25, 0.3) is 22.0 Å². The van der Waals surface area contributed by atoms with Gasteiger partial charge in [0.1, 0.15) is 11.3 Å². The van der Waals surface area contributed by atoms with E-state index in [0.29, 0.717) is 18.8 Å². The molecular weight excluding hydrogens is 368 g/mol. The first kappa shape index (κ1) is 19.0. The fraction of sp³-hybridized carbons (Fsp3) is 0.318. The molecule has 1 fully saturated rings. The molecule has 1 aliphatic rings. The number of likely N-dealkylation sites (tertiary alicyclic amines) is 1. The molecule has 1 saturated heterocycles. The molecule has 0 aliphatic carbocycles. The highest BCUT2D eigenvalue weighted by molar-refractivity contribution is 5.99. The average Bonchev–Trinajstić information content (AvgIpc) is 3.06. The molecule has 1 aliphatic heterocycles. The number of nitrogens with one attached hydrogen (secondary N) is 2. The molecule has 3 heterocycles. The van der Waals surface area contributed by atoms with E-state index < -0.39 is 11.7 Å². The number of fused-ring (bicyclic) bond motifs is 1. The van der Waals surface area contributed by atoms with Crippen molar-refractivity contribution in [2.45, 2.75) is 32.4 Å². The second kappa shape index (κ2) is 7.24. The van der Waals surface area contributed by atoms with Crippen LogP contribution in [-0.4, -0.2) is 51.6 Å². The first-order valence-corrected chi connectivity index (χ1v) is 9.60. The quantitative estimate of drug-likeness (QED) is 0.713. The van der Waals surface area contributed by atoms with Crippen LogP contribution in [0.15, 0.2) is 48.8 Å². The molecule has 2 aromatic heterocycles. The van der Waals surface area contributed by atoms with Gasteiger partial charge in [0.25, 0.3) is 5.91 Å². The van der Waals surface area contributed by atoms with Gasteiger partial charge in [-0.2, -0.15) is 0 Å². The van der Waals surface area contributed by atoms with E-state index in [1.54, 1.807) is 11.1 Å². The molecule has 1 aromatic carbocycles. The summed E-state index contributed by atoms with van der Waals surface area (Å²) in [6, 6.07) is 11.7. The molecule has 29 heavy (non-hydrogen) atoms. The monoisotopic (exact) mass is 392 g/mol. The first-order valence-electron chi connectivity index (χ1n) is 9.60. The number of amides is 2. The Hall–Kier alpha value is -3.35. The van der Waals surface area contributed by atoms with Gasteiger partial charge < -0.3 is 19.9 Å². The summed E-state index contributed by atoms with van der Waals surface area (Å²) in [5.74, 6) is -0.0774. The number of nitrogens with zero attached hydrogens (tertiary/aromatic N) is 2. The van der Waals surface area contributed by atoms with E-state index in [1.165, 1.54) is 0 Å². The van der Waals surface area contributed by atoms with E-state index in [1.807, 2.05) is 63.4 Å². The molecule has 150 valence electrons. The number of carbonyl (C=O) groups is 2. The van der Waals surface area contributed by atoms with Crippen molar-refractivity contribution in [3.05, 3.63) is 54.5 Å². The van der Waals surface area contributed by atoms with Crippen LogP contribution in [0.2, 0.25) is 0 Å². The Morgan fingerprint density at radius 1 is 1.17 bits per heavy atom. The fourth-order valence-corrected chi connectivity index (χ4v) is 3.34. The van der Waals surface area contributed by atoms with Crippen LogP contribution in [0.1, 0.15) is 31.3 Å². The Balaban J connectivity index is 1.40. The maximum Gasteiger partial charge on any atom is 0.407 e. The Kier molecular flexibility index (Phi) is 4.74. The standard InChI is InChI=1S/C22H24N4O3/c1-22(2,3)29-21(28)24-17-12-26(13-17)20(27)19-10-15-7-6-14(9-18(15)25-19)16-5-4-8-23-11-16/h4-11,17,25H,12-13H2,1-3H3,(H,24,28). The molecule has 0 saturated carbocycles. The van der Waals surface area contributed by atoms with Gasteiger partial charge in [-0.25, -0.2) is 4.79 Å². The number of benzene rings is 1. The molecule has 7 heteroatoms. The molecule has 0 atom stereocenters. The summed E-state index contributed by atoms with van der Waals surface area (Å²) >= 11 is 0. The molecule has 3 aromatic rings. The van der Waals surface area contributed by atoms with Crippen molar-refractivity contribution in [3.8, 4) is 11.1 Å². The number of alkyl carbamates (subject to hydrolysis) is 1. The summed E-state index contributed by atoms with van der Waals surface area (Å²) in [7, 11) is 0. The summed E-state index contributed by atoms with van der Waals surface area (Å²) in [6.07, 6.45) is 3.10. The Bertz CT molecular complexity index is 1050. The Morgan fingerprint density at radius 3 is 2.66 bits per heavy atom. The molecule has 0 radical (unpaired) electrons. The van der Waals surface area contributed by atoms with Crippen LogP contribution in [-0.2, 0) is 4.74 Å². The van der Waals surface area contributed by atoms with Crippen LogP contribution in [0.5, 0.6) is 0 Å². The molecular formula is C22H24N4O3. The number of ether oxygens (including phenoxy) is 1. The van der Waals surface area contributed by atoms with Crippen LogP contribution in [0.3, 0.4) is 0 Å². The third kappa shape index (κ3) is 4.23. The van der Waals surface area contributed by atoms with Gasteiger partial charge in [0.05, 0.1) is 6.04 Å². The molecule has 4 rings (SSSR count). The zero-order chi connectivity index (χ0) is 20.6. The van der Waals surface area contributed by atoms with Crippen molar-refractivity contribution in [2.75, 3.05) is 13.1 Å². The van der Waals surface area contributed by atoms with Crippen LogP contribution in [0.4, 0.5) is 4.79 Å². The van der Waals surface area contributed by atoms with Crippen molar-refractivity contribution < 1.29 is 14.3 Å². The lowest BCUT2D eigenvalue weighted by molar-refractivity contribution is 0.0357. The van der Waals surface area contributed by atoms with Crippen LogP contribution in [0, 0.1) is 0 Å². The van der Waals surface area contributed by atoms with Crippen molar-refractivity contribution in [1.29, 1.82) is 0 Å². The van der Waals surface area contributed by atoms with E-state index in [2.05, 4.69) is 15.3 Å². The smallest absolute Gasteiger partial charge is 0.407 e. The van der Waals surface area contributed by atoms with Crippen molar-refractivity contribution in [1.82, 2.24) is 20.2 Å². The van der Waals surface area contributed by atoms with Gasteiger partial charge in [0.2, 0.25) is 0 Å². The summed E-state index contributed by atoms with van der Waals surface area (Å²) in [4.78, 5) is 33.7. The molecule has 7 nitrogen and oxygen atoms in total. The topological polar surface area (TPSA) is 87.3 Å². The van der Waals surface area contributed by atoms with Crippen molar-refractivity contribution >= 4 is 22.9 Å². The predicted molar refractivity (Wildman–Crippen MR) is 111 cm³/mol. The third-order valence-corrected chi connectivity index (χ3v) is 4.74. The van der Waals surface area contributed by atoms with E-state index in [-0.39, 0.29) is 11.9 Å². The SMILES string of the molecule is CC(C)(C)OC(=O)NC1CN(C(=O)c2cc3ccc(-c4cccnc4)cc3[nH]2)C1. The first-order chi connectivity index (χ1) is 13.8. The predicted octanol–water partition coefficient (Wildman–Crippen LogP) is 3.58. The summed E-state index contributed by atoms with van der Waals surface area (Å²) in [5.41, 5.74) is 2.97. The molecule has 0 unspecified atom stereocenters. The highest BCUT2D eigenvalue weighted by atomic mass is 16.6. The zero-order valence-electron chi connectivity index (χ0n) is 16.7. The van der Waals surface area contributed by atoms with Gasteiger partial charge in [-0.1, -0.05) is 18.2 Å². The van der Waals surface area contributed by atoms with Gasteiger partial charge in [0, 0.05) is 41.9 Å². The van der Waals surface area contributed by atoms with Crippen LogP contribution >= 0.6 is 0 Å². The van der Waals surface area contributed by atoms with E-state index in [0.717, 1.165) is 22.0 Å². The number of hydrogen-bond acceptors (Lipinski definition) is 4. The van der Waals surface area contributed by atoms with Crippen LogP contribution < -0.4 is 5.32 Å². The largest absolute Gasteiger partial charge is 0.444 e. The Morgan fingerprint density at radius 2 is 1.97 bits per heavy atom. The van der Waals surface area contributed by atoms with Gasteiger partial charge >= 0.3 is 6.09 Å². The number of pyridine rings is 1. The second-order valence-corrected chi connectivity index (χ2v) is 8.28. The summed E-state index contributed by atoms with van der Waals surface area (Å²) in [6.45, 7) is 6.39. The second-order valence-electron chi connectivity index (χ2n) is 8.28. The minimum Gasteiger partial charge on any atom is -0.444 e. The van der Waals surface area contributed by atoms with Gasteiger partial charge in [-0.05, 0) is 44.5 Å². The summed E-state index contributed by atoms with van der Waals surface area (Å²) < 4.78 is 5.25. The lowest BCUT2D eigenvalue weighted by atomic mass is 10.1. The van der Waals surface area contributed by atoms with E-state index >= 15 is 0 Å². The van der Waals surface area contributed by atoms with Gasteiger partial charge in [-0.3, -0.25) is 9.78 Å². The number of carbonyl (C=O) groups excluding carboxylic acids is 2. The van der Waals surface area contributed by atoms with Crippen molar-refractivity contribution in [2.24, 2.45) is 0 Å². The lowest BCUT2D eigenvalue weighted by Gasteiger charge is -2.39. The van der Waals surface area contributed by atoms with E-state index in [4.69, 9.17) is 4.74 Å². The third-order valence-electron chi connectivity index (χ3n) is 4.74. The van der Waals surface area contributed by atoms with E-state index in [9.17, 15) is 9.59 Å². The van der Waals surface area contributed by atoms with Crippen molar-refractivity contribution in [3.63, 3.8) is 0 Å². The maximum absolute atomic E-state index is 12.8. The number of aromatic nitrogens is 2. The Labute approximate surface area is 169 Å². The minimum atomic E-state index is -0.539. The fourth-order valence-electron chi connectivity index (χ4n) is 3.34. The molecule has 2 amide bonds.